The molecule has 11 heteroatoms. The van der Waals surface area contributed by atoms with Crippen molar-refractivity contribution in [1.29, 1.82) is 0 Å². The van der Waals surface area contributed by atoms with E-state index in [0.29, 0.717) is 63.7 Å². The van der Waals surface area contributed by atoms with Gasteiger partial charge in [-0.15, -0.1) is 0 Å². The number of nitrogens with zero attached hydrogens (tertiary/aromatic N) is 3. The minimum atomic E-state index is -3.38. The number of carbonyl (C=O) groups is 2. The van der Waals surface area contributed by atoms with E-state index in [-0.39, 0.29) is 17.7 Å². The van der Waals surface area contributed by atoms with Crippen LogP contribution in [0.4, 0.5) is 5.69 Å². The summed E-state index contributed by atoms with van der Waals surface area (Å²) < 4.78 is 26.6. The Balaban J connectivity index is 1.27. The Morgan fingerprint density at radius 2 is 1.61 bits per heavy atom. The lowest BCUT2D eigenvalue weighted by Gasteiger charge is -2.39. The van der Waals surface area contributed by atoms with Crippen molar-refractivity contribution in [1.82, 2.24) is 19.8 Å². The van der Waals surface area contributed by atoms with Crippen molar-refractivity contribution < 1.29 is 18.0 Å². The number of anilines is 1. The van der Waals surface area contributed by atoms with Gasteiger partial charge < -0.3 is 20.4 Å². The molecule has 1 fully saturated rings. The molecule has 2 N–H and O–H groups in total. The number of sulfonamides is 1. The van der Waals surface area contributed by atoms with Crippen LogP contribution in [0.1, 0.15) is 36.1 Å². The van der Waals surface area contributed by atoms with E-state index in [1.807, 2.05) is 73.3 Å². The Bertz CT molecular complexity index is 1620. The maximum Gasteiger partial charge on any atom is 0.245 e. The molecule has 2 atom stereocenters. The molecule has 2 amide bonds. The number of hydrogen-bond donors (Lipinski definition) is 2. The van der Waals surface area contributed by atoms with Gasteiger partial charge in [0.2, 0.25) is 21.8 Å². The van der Waals surface area contributed by atoms with Crippen LogP contribution in [0.15, 0.2) is 72.8 Å². The summed E-state index contributed by atoms with van der Waals surface area (Å²) in [7, 11) is -3.38. The second-order valence-corrected chi connectivity index (χ2v) is 15.1. The fourth-order valence-electron chi connectivity index (χ4n) is 6.22. The van der Waals surface area contributed by atoms with E-state index in [1.54, 1.807) is 12.1 Å². The van der Waals surface area contributed by atoms with Crippen molar-refractivity contribution in [3.8, 4) is 0 Å². The zero-order valence-electron chi connectivity index (χ0n) is 26.8. The number of benzene rings is 3. The summed E-state index contributed by atoms with van der Waals surface area (Å²) >= 11 is 6.12. The number of halogens is 1. The summed E-state index contributed by atoms with van der Waals surface area (Å²) in [5.74, 6) is -0.110. The highest BCUT2D eigenvalue weighted by atomic mass is 35.5. The second-order valence-electron chi connectivity index (χ2n) is 12.7. The summed E-state index contributed by atoms with van der Waals surface area (Å²) in [5, 5.41) is 7.02. The third kappa shape index (κ3) is 8.67. The zero-order chi connectivity index (χ0) is 32.8. The number of para-hydroxylation sites is 1. The molecule has 0 radical (unpaired) electrons. The molecule has 2 aliphatic heterocycles. The molecule has 3 aromatic carbocycles. The van der Waals surface area contributed by atoms with E-state index in [1.165, 1.54) is 16.1 Å². The molecule has 5 rings (SSSR count). The van der Waals surface area contributed by atoms with Gasteiger partial charge in [0.1, 0.15) is 6.04 Å². The van der Waals surface area contributed by atoms with Crippen LogP contribution in [0, 0.1) is 5.92 Å². The molecule has 1 saturated heterocycles. The number of hydrogen-bond acceptors (Lipinski definition) is 6. The minimum Gasteiger partial charge on any atom is -0.368 e. The lowest BCUT2D eigenvalue weighted by molar-refractivity contribution is -0.137. The largest absolute Gasteiger partial charge is 0.368 e. The quantitative estimate of drug-likeness (QED) is 0.323. The Morgan fingerprint density at radius 1 is 0.957 bits per heavy atom. The molecule has 9 nitrogen and oxygen atoms in total. The molecule has 2 aliphatic rings. The van der Waals surface area contributed by atoms with Gasteiger partial charge in [-0.05, 0) is 52.8 Å². The minimum absolute atomic E-state index is 0.118. The normalized spacial score (nSPS) is 17.6. The lowest BCUT2D eigenvalue weighted by Crippen LogP contribution is -2.58. The average Bonchev–Trinajstić information content (AvgIpc) is 3.04. The molecule has 46 heavy (non-hydrogen) atoms. The molecule has 0 bridgehead atoms. The molecule has 246 valence electrons. The lowest BCUT2D eigenvalue weighted by atomic mass is 9.95. The molecule has 0 aromatic heterocycles. The first kappa shape index (κ1) is 33.9. The molecule has 0 aliphatic carbocycles. The van der Waals surface area contributed by atoms with Gasteiger partial charge in [-0.2, -0.15) is 4.31 Å². The van der Waals surface area contributed by atoms with Crippen molar-refractivity contribution in [2.45, 2.75) is 51.9 Å². The molecular formula is C35H44ClN5O4S. The van der Waals surface area contributed by atoms with Gasteiger partial charge in [0, 0.05) is 62.9 Å². The predicted molar refractivity (Wildman–Crippen MR) is 183 cm³/mol. The van der Waals surface area contributed by atoms with Crippen LogP contribution in [-0.4, -0.2) is 80.5 Å². The second kappa shape index (κ2) is 15.0. The number of nitrogens with one attached hydrogen (secondary N) is 2. The van der Waals surface area contributed by atoms with Crippen LogP contribution in [0.25, 0.3) is 0 Å². The molecule has 2 heterocycles. The number of fused-ring (bicyclic) bond motifs is 1. The summed E-state index contributed by atoms with van der Waals surface area (Å²) in [4.78, 5) is 31.6. The molecule has 0 spiro atoms. The molecule has 3 aromatic rings. The van der Waals surface area contributed by atoms with E-state index in [2.05, 4.69) is 21.6 Å². The monoisotopic (exact) mass is 665 g/mol. The van der Waals surface area contributed by atoms with E-state index < -0.39 is 22.1 Å². The van der Waals surface area contributed by atoms with Gasteiger partial charge in [-0.25, -0.2) is 8.42 Å². The van der Waals surface area contributed by atoms with Gasteiger partial charge in [0.15, 0.2) is 0 Å². The van der Waals surface area contributed by atoms with Crippen molar-refractivity contribution in [2.75, 3.05) is 43.9 Å². The van der Waals surface area contributed by atoms with E-state index >= 15 is 0 Å². The van der Waals surface area contributed by atoms with Crippen LogP contribution >= 0.6 is 11.6 Å². The number of amides is 2. The fraction of sp³-hybridized carbons (Fsp3) is 0.429. The Labute approximate surface area is 278 Å². The van der Waals surface area contributed by atoms with Gasteiger partial charge >= 0.3 is 0 Å². The first-order valence-corrected chi connectivity index (χ1v) is 18.1. The van der Waals surface area contributed by atoms with E-state index in [9.17, 15) is 18.0 Å². The first-order valence-electron chi connectivity index (χ1n) is 15.9. The highest BCUT2D eigenvalue weighted by Gasteiger charge is 2.32. The topological polar surface area (TPSA) is 102 Å². The van der Waals surface area contributed by atoms with Crippen molar-refractivity contribution in [2.24, 2.45) is 5.92 Å². The summed E-state index contributed by atoms with van der Waals surface area (Å²) in [5.41, 5.74) is 5.14. The highest BCUT2D eigenvalue weighted by Crippen LogP contribution is 2.25. The Hall–Kier alpha value is -3.44. The smallest absolute Gasteiger partial charge is 0.245 e. The molecular weight excluding hydrogens is 622 g/mol. The van der Waals surface area contributed by atoms with Crippen LogP contribution in [0.2, 0.25) is 5.02 Å². The van der Waals surface area contributed by atoms with Crippen molar-refractivity contribution in [3.05, 3.63) is 100 Å². The molecule has 0 unspecified atom stereocenters. The Morgan fingerprint density at radius 3 is 2.28 bits per heavy atom. The van der Waals surface area contributed by atoms with Gasteiger partial charge in [0.25, 0.3) is 0 Å². The molecule has 0 saturated carbocycles. The van der Waals surface area contributed by atoms with Gasteiger partial charge in [-0.3, -0.25) is 9.59 Å². The maximum atomic E-state index is 14.0. The van der Waals surface area contributed by atoms with Gasteiger partial charge in [0.05, 0.1) is 12.3 Å². The zero-order valence-corrected chi connectivity index (χ0v) is 28.4. The maximum absolute atomic E-state index is 14.0. The number of rotatable bonds is 11. The fourth-order valence-corrected chi connectivity index (χ4v) is 7.29. The van der Waals surface area contributed by atoms with Crippen molar-refractivity contribution >= 4 is 39.1 Å². The summed E-state index contributed by atoms with van der Waals surface area (Å²) in [6.07, 6.45) is 2.17. The third-order valence-electron chi connectivity index (χ3n) is 8.67. The van der Waals surface area contributed by atoms with Crippen LogP contribution in [0.5, 0.6) is 0 Å². The average molecular weight is 666 g/mol. The highest BCUT2D eigenvalue weighted by molar-refractivity contribution is 7.88. The van der Waals surface area contributed by atoms with Crippen molar-refractivity contribution in [3.63, 3.8) is 0 Å². The standard InChI is InChI=1S/C35H44ClN5O4S/c1-25(2)23-41(46(3,44)45)24-29-10-6-7-11-33(29)39-16-18-40(19-17-39)35(43)32(20-26-12-14-30(36)15-13-26)38-34(42)31-21-27-8-4-5-9-28(27)22-37-31/h4-15,25,31-32,37H,16-24H2,1-3H3,(H,38,42)/t31-,32-/m1/s1. The number of carbonyl (C=O) groups excluding carboxylic acids is 2. The van der Waals surface area contributed by atoms with Crippen LogP contribution < -0.4 is 15.5 Å². The van der Waals surface area contributed by atoms with Crippen LogP contribution in [-0.2, 0) is 45.5 Å². The summed E-state index contributed by atoms with van der Waals surface area (Å²) in [6, 6.07) is 22.2. The predicted octanol–water partition coefficient (Wildman–Crippen LogP) is 3.85. The van der Waals surface area contributed by atoms with Gasteiger partial charge in [-0.1, -0.05) is 80.0 Å². The number of piperazine rings is 1. The van der Waals surface area contributed by atoms with E-state index in [0.717, 1.165) is 22.4 Å². The van der Waals surface area contributed by atoms with Crippen LogP contribution in [0.3, 0.4) is 0 Å². The SMILES string of the molecule is CC(C)CN(Cc1ccccc1N1CCN(C(=O)[C@@H](Cc2ccc(Cl)cc2)NC(=O)[C@H]2Cc3ccccc3CN2)CC1)S(C)(=O)=O. The van der Waals surface area contributed by atoms with E-state index in [4.69, 9.17) is 11.6 Å². The first-order chi connectivity index (χ1) is 22.0. The third-order valence-corrected chi connectivity index (χ3v) is 10.1. The Kier molecular flexibility index (Phi) is 11.0. The summed E-state index contributed by atoms with van der Waals surface area (Å²) in [6.45, 7) is 7.51.